The maximum atomic E-state index is 11.8. The summed E-state index contributed by atoms with van der Waals surface area (Å²) in [6.07, 6.45) is 3.39. The fourth-order valence-corrected chi connectivity index (χ4v) is 1.90. The number of aromatic nitrogens is 2. The molecule has 90 valence electrons. The SMILES string of the molecule is Nc1ccc2c(c1)oc(=O)n2Cc1ccncc1. The first-order valence-corrected chi connectivity index (χ1v) is 5.52. The minimum Gasteiger partial charge on any atom is -0.408 e. The van der Waals surface area contributed by atoms with E-state index in [0.717, 1.165) is 11.1 Å². The summed E-state index contributed by atoms with van der Waals surface area (Å²) in [6, 6.07) is 8.92. The summed E-state index contributed by atoms with van der Waals surface area (Å²) >= 11 is 0. The van der Waals surface area contributed by atoms with Crippen LogP contribution < -0.4 is 11.5 Å². The Morgan fingerprint density at radius 2 is 2.00 bits per heavy atom. The molecule has 1 aromatic carbocycles. The van der Waals surface area contributed by atoms with Crippen molar-refractivity contribution in [1.29, 1.82) is 0 Å². The molecule has 3 aromatic rings. The van der Waals surface area contributed by atoms with Crippen molar-refractivity contribution in [1.82, 2.24) is 9.55 Å². The summed E-state index contributed by atoms with van der Waals surface area (Å²) < 4.78 is 6.74. The lowest BCUT2D eigenvalue weighted by molar-refractivity contribution is 0.518. The van der Waals surface area contributed by atoms with E-state index in [1.165, 1.54) is 0 Å². The van der Waals surface area contributed by atoms with Crippen molar-refractivity contribution in [3.63, 3.8) is 0 Å². The van der Waals surface area contributed by atoms with Crippen LogP contribution in [0.2, 0.25) is 0 Å². The van der Waals surface area contributed by atoms with Crippen LogP contribution in [0.15, 0.2) is 51.9 Å². The van der Waals surface area contributed by atoms with Gasteiger partial charge in [-0.3, -0.25) is 9.55 Å². The smallest absolute Gasteiger partial charge is 0.408 e. The zero-order valence-corrected chi connectivity index (χ0v) is 9.54. The van der Waals surface area contributed by atoms with E-state index in [2.05, 4.69) is 4.98 Å². The molecule has 0 saturated carbocycles. The summed E-state index contributed by atoms with van der Waals surface area (Å²) in [5.41, 5.74) is 8.47. The van der Waals surface area contributed by atoms with E-state index in [9.17, 15) is 4.79 Å². The second kappa shape index (κ2) is 4.03. The van der Waals surface area contributed by atoms with E-state index in [1.54, 1.807) is 35.2 Å². The number of anilines is 1. The molecule has 0 radical (unpaired) electrons. The Morgan fingerprint density at radius 3 is 2.78 bits per heavy atom. The number of pyridine rings is 1. The highest BCUT2D eigenvalue weighted by molar-refractivity contribution is 5.76. The molecule has 0 unspecified atom stereocenters. The number of oxazole rings is 1. The predicted molar refractivity (Wildman–Crippen MR) is 68.2 cm³/mol. The standard InChI is InChI=1S/C13H11N3O2/c14-10-1-2-11-12(7-10)18-13(17)16(11)8-9-3-5-15-6-4-9/h1-7H,8,14H2. The van der Waals surface area contributed by atoms with E-state index in [1.807, 2.05) is 12.1 Å². The summed E-state index contributed by atoms with van der Waals surface area (Å²) in [6.45, 7) is 0.457. The average molecular weight is 241 g/mol. The molecular formula is C13H11N3O2. The van der Waals surface area contributed by atoms with Crippen LogP contribution in [0.25, 0.3) is 11.1 Å². The molecule has 0 aliphatic rings. The monoisotopic (exact) mass is 241 g/mol. The van der Waals surface area contributed by atoms with Crippen LogP contribution in [-0.2, 0) is 6.54 Å². The molecule has 0 bridgehead atoms. The van der Waals surface area contributed by atoms with Crippen molar-refractivity contribution < 1.29 is 4.42 Å². The molecule has 0 aliphatic carbocycles. The molecule has 0 fully saturated rings. The highest BCUT2D eigenvalue weighted by Crippen LogP contribution is 2.17. The largest absolute Gasteiger partial charge is 0.420 e. The van der Waals surface area contributed by atoms with E-state index < -0.39 is 0 Å². The van der Waals surface area contributed by atoms with Gasteiger partial charge in [-0.2, -0.15) is 0 Å². The molecule has 2 aromatic heterocycles. The molecule has 0 spiro atoms. The lowest BCUT2D eigenvalue weighted by atomic mass is 10.2. The Balaban J connectivity index is 2.12. The summed E-state index contributed by atoms with van der Waals surface area (Å²) in [5, 5.41) is 0. The molecule has 0 aliphatic heterocycles. The maximum Gasteiger partial charge on any atom is 0.420 e. The number of nitrogen functional groups attached to an aromatic ring is 1. The van der Waals surface area contributed by atoms with Crippen LogP contribution in [-0.4, -0.2) is 9.55 Å². The van der Waals surface area contributed by atoms with Gasteiger partial charge >= 0.3 is 5.76 Å². The first kappa shape index (κ1) is 10.6. The van der Waals surface area contributed by atoms with Gasteiger partial charge in [-0.15, -0.1) is 0 Å². The fraction of sp³-hybridized carbons (Fsp3) is 0.0769. The van der Waals surface area contributed by atoms with Gasteiger partial charge < -0.3 is 10.2 Å². The number of nitrogens with zero attached hydrogens (tertiary/aromatic N) is 2. The van der Waals surface area contributed by atoms with E-state index in [0.29, 0.717) is 17.8 Å². The van der Waals surface area contributed by atoms with Gasteiger partial charge in [-0.1, -0.05) is 0 Å². The molecule has 5 nitrogen and oxygen atoms in total. The number of fused-ring (bicyclic) bond motifs is 1. The van der Waals surface area contributed by atoms with Crippen molar-refractivity contribution in [3.05, 3.63) is 58.8 Å². The molecule has 5 heteroatoms. The van der Waals surface area contributed by atoms with Gasteiger partial charge in [-0.25, -0.2) is 4.79 Å². The molecule has 2 heterocycles. The lowest BCUT2D eigenvalue weighted by Gasteiger charge is -2.01. The second-order valence-electron chi connectivity index (χ2n) is 4.04. The minimum atomic E-state index is -0.382. The number of nitrogens with two attached hydrogens (primary N) is 1. The number of hydrogen-bond acceptors (Lipinski definition) is 4. The van der Waals surface area contributed by atoms with Crippen LogP contribution in [0.5, 0.6) is 0 Å². The van der Waals surface area contributed by atoms with Crippen molar-refractivity contribution >= 4 is 16.8 Å². The molecular weight excluding hydrogens is 230 g/mol. The third-order valence-electron chi connectivity index (χ3n) is 2.78. The molecule has 0 atom stereocenters. The van der Waals surface area contributed by atoms with Crippen molar-refractivity contribution in [2.24, 2.45) is 0 Å². The Labute approximate surface area is 102 Å². The molecule has 0 saturated heterocycles. The van der Waals surface area contributed by atoms with Gasteiger partial charge in [-0.05, 0) is 29.8 Å². The highest BCUT2D eigenvalue weighted by atomic mass is 16.4. The molecule has 0 amide bonds. The molecule has 3 rings (SSSR count). The van der Waals surface area contributed by atoms with Crippen molar-refractivity contribution in [2.75, 3.05) is 5.73 Å². The predicted octanol–water partition coefficient (Wildman–Crippen LogP) is 1.62. The fourth-order valence-electron chi connectivity index (χ4n) is 1.90. The quantitative estimate of drug-likeness (QED) is 0.692. The Kier molecular flexibility index (Phi) is 2.37. The average Bonchev–Trinajstić information content (AvgIpc) is 2.66. The van der Waals surface area contributed by atoms with Crippen LogP contribution in [0.4, 0.5) is 5.69 Å². The van der Waals surface area contributed by atoms with Gasteiger partial charge in [0.15, 0.2) is 5.58 Å². The van der Waals surface area contributed by atoms with Crippen LogP contribution in [0.1, 0.15) is 5.56 Å². The Hall–Kier alpha value is -2.56. The highest BCUT2D eigenvalue weighted by Gasteiger charge is 2.09. The number of hydrogen-bond donors (Lipinski definition) is 1. The van der Waals surface area contributed by atoms with Crippen LogP contribution in [0.3, 0.4) is 0 Å². The third-order valence-corrected chi connectivity index (χ3v) is 2.78. The van der Waals surface area contributed by atoms with Gasteiger partial charge in [0.05, 0.1) is 12.1 Å². The maximum absolute atomic E-state index is 11.8. The van der Waals surface area contributed by atoms with Gasteiger partial charge in [0.25, 0.3) is 0 Å². The van der Waals surface area contributed by atoms with E-state index in [4.69, 9.17) is 10.2 Å². The Morgan fingerprint density at radius 1 is 1.22 bits per heavy atom. The Bertz CT molecular complexity index is 744. The number of rotatable bonds is 2. The summed E-state index contributed by atoms with van der Waals surface area (Å²) in [5.74, 6) is -0.382. The van der Waals surface area contributed by atoms with Crippen molar-refractivity contribution in [3.8, 4) is 0 Å². The summed E-state index contributed by atoms with van der Waals surface area (Å²) in [7, 11) is 0. The van der Waals surface area contributed by atoms with Gasteiger partial charge in [0.1, 0.15) is 0 Å². The topological polar surface area (TPSA) is 74.0 Å². The van der Waals surface area contributed by atoms with Crippen LogP contribution in [0, 0.1) is 0 Å². The normalized spacial score (nSPS) is 10.9. The zero-order valence-electron chi connectivity index (χ0n) is 9.54. The first-order chi connectivity index (χ1) is 8.74. The second-order valence-corrected chi connectivity index (χ2v) is 4.04. The zero-order chi connectivity index (χ0) is 12.5. The number of benzene rings is 1. The molecule has 2 N–H and O–H groups in total. The molecule has 18 heavy (non-hydrogen) atoms. The van der Waals surface area contributed by atoms with Crippen LogP contribution >= 0.6 is 0 Å². The lowest BCUT2D eigenvalue weighted by Crippen LogP contribution is -2.14. The first-order valence-electron chi connectivity index (χ1n) is 5.52. The van der Waals surface area contributed by atoms with E-state index in [-0.39, 0.29) is 5.76 Å². The minimum absolute atomic E-state index is 0.382. The summed E-state index contributed by atoms with van der Waals surface area (Å²) in [4.78, 5) is 15.7. The van der Waals surface area contributed by atoms with E-state index >= 15 is 0 Å². The van der Waals surface area contributed by atoms with Gasteiger partial charge in [0, 0.05) is 24.1 Å². The third kappa shape index (κ3) is 1.75. The van der Waals surface area contributed by atoms with Crippen molar-refractivity contribution in [2.45, 2.75) is 6.54 Å². The van der Waals surface area contributed by atoms with Gasteiger partial charge in [0.2, 0.25) is 0 Å².